The molecule has 0 saturated heterocycles. The topological polar surface area (TPSA) is 32.3 Å². The first-order chi connectivity index (χ1) is 9.17. The molecule has 0 radical (unpaired) electrons. The van der Waals surface area contributed by atoms with Crippen LogP contribution in [0.2, 0.25) is 0 Å². The summed E-state index contributed by atoms with van der Waals surface area (Å²) in [6.07, 6.45) is 7.66. The highest BCUT2D eigenvalue weighted by atomic mass is 15.2. The first kappa shape index (κ1) is 15.9. The molecule has 19 heavy (non-hydrogen) atoms. The number of aromatic nitrogens is 2. The summed E-state index contributed by atoms with van der Waals surface area (Å²) in [6.45, 7) is 10.9. The van der Waals surface area contributed by atoms with Crippen molar-refractivity contribution in [2.75, 3.05) is 38.1 Å². The van der Waals surface area contributed by atoms with Gasteiger partial charge >= 0.3 is 0 Å². The SMILES string of the molecule is CCCCCN(CC)CCN(C)c1ncc(C)cn1. The normalized spacial score (nSPS) is 11.0. The average molecular weight is 264 g/mol. The van der Waals surface area contributed by atoms with E-state index in [9.17, 15) is 0 Å². The van der Waals surface area contributed by atoms with Crippen molar-refractivity contribution in [2.45, 2.75) is 40.0 Å². The number of aryl methyl sites for hydroxylation is 1. The summed E-state index contributed by atoms with van der Waals surface area (Å²) < 4.78 is 0. The number of hydrogen-bond acceptors (Lipinski definition) is 4. The summed E-state index contributed by atoms with van der Waals surface area (Å²) in [6, 6.07) is 0. The maximum atomic E-state index is 4.35. The Morgan fingerprint density at radius 1 is 1.00 bits per heavy atom. The molecule has 0 unspecified atom stereocenters. The van der Waals surface area contributed by atoms with Crippen molar-refractivity contribution < 1.29 is 0 Å². The minimum Gasteiger partial charge on any atom is -0.343 e. The van der Waals surface area contributed by atoms with E-state index in [-0.39, 0.29) is 0 Å². The van der Waals surface area contributed by atoms with Gasteiger partial charge in [-0.1, -0.05) is 26.7 Å². The van der Waals surface area contributed by atoms with E-state index in [2.05, 4.69) is 40.7 Å². The zero-order valence-electron chi connectivity index (χ0n) is 12.9. The molecule has 0 aromatic carbocycles. The molecule has 0 amide bonds. The van der Waals surface area contributed by atoms with Gasteiger partial charge in [-0.2, -0.15) is 0 Å². The molecule has 0 atom stereocenters. The molecule has 1 rings (SSSR count). The quantitative estimate of drug-likeness (QED) is 0.642. The van der Waals surface area contributed by atoms with Crippen LogP contribution in [0.25, 0.3) is 0 Å². The number of unbranched alkanes of at least 4 members (excludes halogenated alkanes) is 2. The molecule has 1 heterocycles. The van der Waals surface area contributed by atoms with Crippen LogP contribution >= 0.6 is 0 Å². The Bertz CT molecular complexity index is 337. The van der Waals surface area contributed by atoms with Gasteiger partial charge in [0.2, 0.25) is 5.95 Å². The van der Waals surface area contributed by atoms with Crippen molar-refractivity contribution in [3.05, 3.63) is 18.0 Å². The maximum absolute atomic E-state index is 4.35. The predicted molar refractivity (Wildman–Crippen MR) is 81.7 cm³/mol. The molecule has 108 valence electrons. The summed E-state index contributed by atoms with van der Waals surface area (Å²) in [5.41, 5.74) is 1.10. The highest BCUT2D eigenvalue weighted by Crippen LogP contribution is 2.05. The second-order valence-electron chi connectivity index (χ2n) is 5.12. The van der Waals surface area contributed by atoms with Crippen molar-refractivity contribution in [1.82, 2.24) is 14.9 Å². The van der Waals surface area contributed by atoms with Crippen molar-refractivity contribution >= 4 is 5.95 Å². The van der Waals surface area contributed by atoms with Gasteiger partial charge in [-0.3, -0.25) is 0 Å². The lowest BCUT2D eigenvalue weighted by Crippen LogP contribution is -2.34. The van der Waals surface area contributed by atoms with E-state index < -0.39 is 0 Å². The van der Waals surface area contributed by atoms with Crippen molar-refractivity contribution in [3.63, 3.8) is 0 Å². The zero-order chi connectivity index (χ0) is 14.1. The Kier molecular flexibility index (Phi) is 7.41. The molecule has 0 fully saturated rings. The van der Waals surface area contributed by atoms with Crippen LogP contribution in [-0.4, -0.2) is 48.1 Å². The lowest BCUT2D eigenvalue weighted by Gasteiger charge is -2.24. The van der Waals surface area contributed by atoms with E-state index in [0.717, 1.165) is 31.1 Å². The van der Waals surface area contributed by atoms with Crippen molar-refractivity contribution in [2.24, 2.45) is 0 Å². The fourth-order valence-electron chi connectivity index (χ4n) is 1.99. The van der Waals surface area contributed by atoms with Crippen LogP contribution in [-0.2, 0) is 0 Å². The number of rotatable bonds is 9. The van der Waals surface area contributed by atoms with E-state index in [1.54, 1.807) is 0 Å². The molecule has 1 aromatic heterocycles. The van der Waals surface area contributed by atoms with Gasteiger partial charge in [0.15, 0.2) is 0 Å². The van der Waals surface area contributed by atoms with Crippen LogP contribution in [0.5, 0.6) is 0 Å². The van der Waals surface area contributed by atoms with E-state index >= 15 is 0 Å². The molecule has 4 nitrogen and oxygen atoms in total. The standard InChI is InChI=1S/C15H28N4/c1-5-7-8-9-19(6-2)11-10-18(4)15-16-12-14(3)13-17-15/h12-13H,5-11H2,1-4H3. The highest BCUT2D eigenvalue weighted by Gasteiger charge is 2.07. The smallest absolute Gasteiger partial charge is 0.225 e. The van der Waals surface area contributed by atoms with Gasteiger partial charge < -0.3 is 9.80 Å². The van der Waals surface area contributed by atoms with Gasteiger partial charge in [0.1, 0.15) is 0 Å². The molecule has 4 heteroatoms. The van der Waals surface area contributed by atoms with Crippen molar-refractivity contribution in [1.29, 1.82) is 0 Å². The second kappa shape index (κ2) is 8.86. The molecule has 0 aliphatic heterocycles. The Morgan fingerprint density at radius 3 is 2.26 bits per heavy atom. The fraction of sp³-hybridized carbons (Fsp3) is 0.733. The largest absolute Gasteiger partial charge is 0.343 e. The number of hydrogen-bond donors (Lipinski definition) is 0. The Morgan fingerprint density at radius 2 is 1.68 bits per heavy atom. The number of nitrogens with zero attached hydrogens (tertiary/aromatic N) is 4. The number of likely N-dealkylation sites (N-methyl/N-ethyl adjacent to an activating group) is 2. The molecule has 0 aliphatic carbocycles. The van der Waals surface area contributed by atoms with Crippen LogP contribution in [0.4, 0.5) is 5.95 Å². The van der Waals surface area contributed by atoms with Gasteiger partial charge in [-0.15, -0.1) is 0 Å². The van der Waals surface area contributed by atoms with E-state index in [4.69, 9.17) is 0 Å². The molecule has 0 spiro atoms. The first-order valence-electron chi connectivity index (χ1n) is 7.39. The molecular formula is C15H28N4. The lowest BCUT2D eigenvalue weighted by molar-refractivity contribution is 0.287. The van der Waals surface area contributed by atoms with E-state index in [1.807, 2.05) is 19.3 Å². The molecule has 0 saturated carbocycles. The van der Waals surface area contributed by atoms with Crippen LogP contribution in [0.1, 0.15) is 38.7 Å². The minimum atomic E-state index is 0.815. The minimum absolute atomic E-state index is 0.815. The number of anilines is 1. The van der Waals surface area contributed by atoms with Crippen LogP contribution < -0.4 is 4.90 Å². The zero-order valence-corrected chi connectivity index (χ0v) is 12.9. The van der Waals surface area contributed by atoms with Crippen molar-refractivity contribution in [3.8, 4) is 0 Å². The monoisotopic (exact) mass is 264 g/mol. The van der Waals surface area contributed by atoms with Gasteiger partial charge in [0, 0.05) is 32.5 Å². The maximum Gasteiger partial charge on any atom is 0.225 e. The summed E-state index contributed by atoms with van der Waals surface area (Å²) in [4.78, 5) is 13.3. The third kappa shape index (κ3) is 6.01. The van der Waals surface area contributed by atoms with Gasteiger partial charge in [0.25, 0.3) is 0 Å². The second-order valence-corrected chi connectivity index (χ2v) is 5.12. The van der Waals surface area contributed by atoms with Crippen LogP contribution in [0, 0.1) is 6.92 Å². The van der Waals surface area contributed by atoms with Gasteiger partial charge in [0.05, 0.1) is 0 Å². The molecule has 0 bridgehead atoms. The fourth-order valence-corrected chi connectivity index (χ4v) is 1.99. The van der Waals surface area contributed by atoms with Gasteiger partial charge in [-0.25, -0.2) is 9.97 Å². The van der Waals surface area contributed by atoms with Gasteiger partial charge in [-0.05, 0) is 32.0 Å². The summed E-state index contributed by atoms with van der Waals surface area (Å²) in [5.74, 6) is 0.815. The highest BCUT2D eigenvalue weighted by molar-refractivity contribution is 5.27. The third-order valence-electron chi connectivity index (χ3n) is 3.39. The van der Waals surface area contributed by atoms with Crippen LogP contribution in [0.15, 0.2) is 12.4 Å². The first-order valence-corrected chi connectivity index (χ1v) is 7.39. The summed E-state index contributed by atoms with van der Waals surface area (Å²) in [7, 11) is 2.06. The Hall–Kier alpha value is -1.16. The van der Waals surface area contributed by atoms with E-state index in [0.29, 0.717) is 0 Å². The predicted octanol–water partition coefficient (Wildman–Crippen LogP) is 2.73. The summed E-state index contributed by atoms with van der Waals surface area (Å²) in [5, 5.41) is 0. The average Bonchev–Trinajstić information content (AvgIpc) is 2.43. The Balaban J connectivity index is 2.34. The third-order valence-corrected chi connectivity index (χ3v) is 3.39. The lowest BCUT2D eigenvalue weighted by atomic mass is 10.2. The Labute approximate surface area is 117 Å². The molecule has 1 aromatic rings. The molecular weight excluding hydrogens is 236 g/mol. The molecule has 0 N–H and O–H groups in total. The van der Waals surface area contributed by atoms with E-state index in [1.165, 1.54) is 25.8 Å². The van der Waals surface area contributed by atoms with Crippen LogP contribution in [0.3, 0.4) is 0 Å². The molecule has 0 aliphatic rings. The summed E-state index contributed by atoms with van der Waals surface area (Å²) >= 11 is 0.